The van der Waals surface area contributed by atoms with Crippen LogP contribution in [0.3, 0.4) is 0 Å². The zero-order chi connectivity index (χ0) is 17.4. The molecule has 2 aromatic carbocycles. The van der Waals surface area contributed by atoms with Gasteiger partial charge in [0.2, 0.25) is 0 Å². The third-order valence-corrected chi connectivity index (χ3v) is 3.10. The number of hydrogen-bond donors (Lipinski definition) is 0. The smallest absolute Gasteiger partial charge is 0.278 e. The van der Waals surface area contributed by atoms with Crippen LogP contribution in [0.25, 0.3) is 0 Å². The quantitative estimate of drug-likeness (QED) is 0.244. The van der Waals surface area contributed by atoms with Gasteiger partial charge in [-0.1, -0.05) is 29.4 Å². The maximum Gasteiger partial charge on any atom is 0.278 e. The molecule has 0 aromatic heterocycles. The van der Waals surface area contributed by atoms with Crippen molar-refractivity contribution in [2.75, 3.05) is 13.2 Å². The molecule has 24 heavy (non-hydrogen) atoms. The molecule has 2 rings (SSSR count). The van der Waals surface area contributed by atoms with Crippen LogP contribution in [0, 0.1) is 10.1 Å². The normalized spacial score (nSPS) is 10.5. The lowest BCUT2D eigenvalue weighted by molar-refractivity contribution is -0.385. The standard InChI is InChI=1S/C17H16N2O5/c1-13(20)15-7-3-5-9-17(15)23-10-11-24-18-12-14-6-2-4-8-16(14)19(21)22/h2-9,12H,10-11H2,1H3/b18-12+. The van der Waals surface area contributed by atoms with E-state index in [0.29, 0.717) is 16.9 Å². The van der Waals surface area contributed by atoms with Crippen molar-refractivity contribution in [2.45, 2.75) is 6.92 Å². The first-order valence-electron chi connectivity index (χ1n) is 7.21. The molecule has 7 nitrogen and oxygen atoms in total. The molecule has 124 valence electrons. The van der Waals surface area contributed by atoms with Crippen LogP contribution in [0.2, 0.25) is 0 Å². The van der Waals surface area contributed by atoms with Crippen molar-refractivity contribution in [3.8, 4) is 5.75 Å². The molecule has 0 aliphatic heterocycles. The van der Waals surface area contributed by atoms with Crippen LogP contribution >= 0.6 is 0 Å². The molecule has 0 amide bonds. The van der Waals surface area contributed by atoms with Crippen molar-refractivity contribution in [3.05, 3.63) is 69.8 Å². The van der Waals surface area contributed by atoms with Crippen molar-refractivity contribution in [1.82, 2.24) is 0 Å². The van der Waals surface area contributed by atoms with Crippen molar-refractivity contribution in [3.63, 3.8) is 0 Å². The SMILES string of the molecule is CC(=O)c1ccccc1OCCO/N=C/c1ccccc1[N+](=O)[O-]. The average Bonchev–Trinajstić information content (AvgIpc) is 2.58. The van der Waals surface area contributed by atoms with Crippen molar-refractivity contribution in [2.24, 2.45) is 5.16 Å². The lowest BCUT2D eigenvalue weighted by Crippen LogP contribution is -2.07. The van der Waals surface area contributed by atoms with E-state index in [1.807, 2.05) is 0 Å². The summed E-state index contributed by atoms with van der Waals surface area (Å²) in [6, 6.07) is 13.1. The van der Waals surface area contributed by atoms with Crippen LogP contribution in [0.5, 0.6) is 5.75 Å². The number of para-hydroxylation sites is 2. The fourth-order valence-corrected chi connectivity index (χ4v) is 1.98. The Morgan fingerprint density at radius 2 is 1.88 bits per heavy atom. The summed E-state index contributed by atoms with van der Waals surface area (Å²) in [4.78, 5) is 26.9. The van der Waals surface area contributed by atoms with E-state index >= 15 is 0 Å². The molecule has 0 heterocycles. The molecule has 0 saturated heterocycles. The molecule has 0 unspecified atom stereocenters. The third kappa shape index (κ3) is 4.64. The van der Waals surface area contributed by atoms with Gasteiger partial charge in [0.25, 0.3) is 5.69 Å². The summed E-state index contributed by atoms with van der Waals surface area (Å²) in [6.45, 7) is 1.80. The zero-order valence-electron chi connectivity index (χ0n) is 13.0. The van der Waals surface area contributed by atoms with Gasteiger partial charge in [0.1, 0.15) is 12.4 Å². The number of oxime groups is 1. The lowest BCUT2D eigenvalue weighted by Gasteiger charge is -2.08. The van der Waals surface area contributed by atoms with Crippen molar-refractivity contribution in [1.29, 1.82) is 0 Å². The number of ketones is 1. The number of benzene rings is 2. The molecule has 7 heteroatoms. The first kappa shape index (κ1) is 17.1. The van der Waals surface area contributed by atoms with Gasteiger partial charge in [0.15, 0.2) is 12.4 Å². The van der Waals surface area contributed by atoms with Crippen LogP contribution in [0.1, 0.15) is 22.8 Å². The minimum absolute atomic E-state index is 0.0449. The maximum absolute atomic E-state index is 11.5. The Morgan fingerprint density at radius 1 is 1.17 bits per heavy atom. The fourth-order valence-electron chi connectivity index (χ4n) is 1.98. The molecular formula is C17H16N2O5. The monoisotopic (exact) mass is 328 g/mol. The van der Waals surface area contributed by atoms with Gasteiger partial charge in [-0.25, -0.2) is 0 Å². The summed E-state index contributed by atoms with van der Waals surface area (Å²) in [5.74, 6) is 0.400. The molecule has 0 bridgehead atoms. The van der Waals surface area contributed by atoms with Crippen molar-refractivity contribution < 1.29 is 19.3 Å². The highest BCUT2D eigenvalue weighted by molar-refractivity contribution is 5.96. The predicted octanol–water partition coefficient (Wildman–Crippen LogP) is 3.23. The summed E-state index contributed by atoms with van der Waals surface area (Å²) in [5, 5.41) is 14.6. The Morgan fingerprint density at radius 3 is 2.62 bits per heavy atom. The van der Waals surface area contributed by atoms with Crippen LogP contribution in [0.4, 0.5) is 5.69 Å². The summed E-state index contributed by atoms with van der Waals surface area (Å²) >= 11 is 0. The first-order chi connectivity index (χ1) is 11.6. The van der Waals surface area contributed by atoms with E-state index in [1.54, 1.807) is 42.5 Å². The number of nitrogens with zero attached hydrogens (tertiary/aromatic N) is 2. The number of carbonyl (C=O) groups excluding carboxylic acids is 1. The van der Waals surface area contributed by atoms with Crippen LogP contribution < -0.4 is 4.74 Å². The van der Waals surface area contributed by atoms with Crippen LogP contribution in [-0.2, 0) is 4.84 Å². The Hall–Kier alpha value is -3.22. The predicted molar refractivity (Wildman–Crippen MR) is 88.6 cm³/mol. The molecule has 0 radical (unpaired) electrons. The van der Waals surface area contributed by atoms with E-state index in [4.69, 9.17) is 9.57 Å². The molecule has 0 fully saturated rings. The highest BCUT2D eigenvalue weighted by atomic mass is 16.6. The molecule has 0 atom stereocenters. The molecular weight excluding hydrogens is 312 g/mol. The first-order valence-corrected chi connectivity index (χ1v) is 7.21. The van der Waals surface area contributed by atoms with E-state index in [1.165, 1.54) is 19.2 Å². The summed E-state index contributed by atoms with van der Waals surface area (Å²) in [5.41, 5.74) is 0.808. The number of ether oxygens (including phenoxy) is 1. The summed E-state index contributed by atoms with van der Waals surface area (Å²) < 4.78 is 5.48. The lowest BCUT2D eigenvalue weighted by atomic mass is 10.1. The maximum atomic E-state index is 11.5. The Bertz CT molecular complexity index is 758. The Balaban J connectivity index is 1.84. The van der Waals surface area contributed by atoms with Gasteiger partial charge in [-0.15, -0.1) is 0 Å². The molecule has 0 spiro atoms. The molecule has 2 aromatic rings. The minimum atomic E-state index is -0.483. The van der Waals surface area contributed by atoms with E-state index < -0.39 is 4.92 Å². The van der Waals surface area contributed by atoms with Gasteiger partial charge in [-0.2, -0.15) is 0 Å². The molecule has 0 N–H and O–H groups in total. The number of hydrogen-bond acceptors (Lipinski definition) is 6. The topological polar surface area (TPSA) is 91.0 Å². The van der Waals surface area contributed by atoms with Gasteiger partial charge in [-0.3, -0.25) is 14.9 Å². The van der Waals surface area contributed by atoms with E-state index in [0.717, 1.165) is 0 Å². The highest BCUT2D eigenvalue weighted by Gasteiger charge is 2.10. The summed E-state index contributed by atoms with van der Waals surface area (Å²) in [7, 11) is 0. The van der Waals surface area contributed by atoms with Gasteiger partial charge >= 0.3 is 0 Å². The Kier molecular flexibility index (Phi) is 6.01. The molecule has 0 saturated carbocycles. The Labute approximate surface area is 138 Å². The van der Waals surface area contributed by atoms with Gasteiger partial charge in [0, 0.05) is 6.07 Å². The minimum Gasteiger partial charge on any atom is -0.489 e. The number of rotatable bonds is 8. The average molecular weight is 328 g/mol. The van der Waals surface area contributed by atoms with Gasteiger partial charge in [0.05, 0.1) is 22.3 Å². The largest absolute Gasteiger partial charge is 0.489 e. The number of nitro benzene ring substituents is 1. The van der Waals surface area contributed by atoms with Gasteiger partial charge < -0.3 is 9.57 Å². The third-order valence-electron chi connectivity index (χ3n) is 3.10. The van der Waals surface area contributed by atoms with E-state index in [2.05, 4.69) is 5.16 Å². The fraction of sp³-hybridized carbons (Fsp3) is 0.176. The second-order valence-corrected chi connectivity index (χ2v) is 4.78. The van der Waals surface area contributed by atoms with E-state index in [-0.39, 0.29) is 24.7 Å². The number of Topliss-reactive ketones (excluding diaryl/α,β-unsaturated/α-hetero) is 1. The van der Waals surface area contributed by atoms with Gasteiger partial charge in [-0.05, 0) is 25.1 Å². The second-order valence-electron chi connectivity index (χ2n) is 4.78. The highest BCUT2D eigenvalue weighted by Crippen LogP contribution is 2.18. The van der Waals surface area contributed by atoms with Crippen LogP contribution in [-0.4, -0.2) is 30.1 Å². The zero-order valence-corrected chi connectivity index (χ0v) is 13.0. The number of carbonyl (C=O) groups is 1. The second kappa shape index (κ2) is 8.42. The number of nitro groups is 1. The molecule has 0 aliphatic rings. The van der Waals surface area contributed by atoms with Crippen molar-refractivity contribution >= 4 is 17.7 Å². The summed E-state index contributed by atoms with van der Waals surface area (Å²) in [6.07, 6.45) is 1.28. The van der Waals surface area contributed by atoms with E-state index in [9.17, 15) is 14.9 Å². The molecule has 0 aliphatic carbocycles. The van der Waals surface area contributed by atoms with Crippen LogP contribution in [0.15, 0.2) is 53.7 Å².